The van der Waals surface area contributed by atoms with Gasteiger partial charge in [-0.15, -0.1) is 23.2 Å². The summed E-state index contributed by atoms with van der Waals surface area (Å²) >= 11 is 17.7. The molecule has 2 saturated heterocycles. The van der Waals surface area contributed by atoms with Crippen LogP contribution in [0, 0.1) is 17.8 Å². The second-order valence-electron chi connectivity index (χ2n) is 12.2. The van der Waals surface area contributed by atoms with Gasteiger partial charge < -0.3 is 9.84 Å². The van der Waals surface area contributed by atoms with Crippen molar-refractivity contribution >= 4 is 74.2 Å². The molecule has 3 aromatic carbocycles. The number of rotatable bonds is 6. The van der Waals surface area contributed by atoms with Crippen molar-refractivity contribution in [2.45, 2.75) is 28.5 Å². The van der Waals surface area contributed by atoms with Crippen LogP contribution >= 0.6 is 39.1 Å². The number of phenols is 1. The van der Waals surface area contributed by atoms with Crippen molar-refractivity contribution in [3.8, 4) is 11.5 Å². The number of imide groups is 2. The number of likely N-dealkylation sites (tertiary alicyclic amines) is 1. The Labute approximate surface area is 288 Å². The molecule has 2 aliphatic carbocycles. The van der Waals surface area contributed by atoms with Crippen LogP contribution in [0.15, 0.2) is 84.4 Å². The van der Waals surface area contributed by atoms with Gasteiger partial charge in [0.25, 0.3) is 11.8 Å². The Kier molecular flexibility index (Phi) is 7.61. The smallest absolute Gasteiger partial charge is 0.254 e. The van der Waals surface area contributed by atoms with Crippen LogP contribution in [0.1, 0.15) is 40.2 Å². The molecule has 7 rings (SSSR count). The van der Waals surface area contributed by atoms with Gasteiger partial charge in [-0.05, 0) is 49.1 Å². The van der Waals surface area contributed by atoms with Crippen molar-refractivity contribution in [3.63, 3.8) is 0 Å². The van der Waals surface area contributed by atoms with E-state index in [1.165, 1.54) is 13.2 Å². The zero-order valence-electron chi connectivity index (χ0n) is 24.9. The van der Waals surface area contributed by atoms with Gasteiger partial charge in [-0.25, -0.2) is 0 Å². The maximum Gasteiger partial charge on any atom is 0.254 e. The molecule has 12 heteroatoms. The molecule has 2 heterocycles. The van der Waals surface area contributed by atoms with Gasteiger partial charge in [0.15, 0.2) is 15.5 Å². The molecule has 240 valence electrons. The number of halogens is 3. The quantitative estimate of drug-likeness (QED) is 0.116. The van der Waals surface area contributed by atoms with Crippen molar-refractivity contribution in [3.05, 3.63) is 101 Å². The molecular formula is C35H27BrCl2N2O7. The lowest BCUT2D eigenvalue weighted by atomic mass is 9.56. The molecule has 3 fully saturated rings. The molecule has 4 aliphatic rings. The van der Waals surface area contributed by atoms with E-state index in [1.807, 2.05) is 6.07 Å². The first kappa shape index (κ1) is 31.6. The van der Waals surface area contributed by atoms with Gasteiger partial charge in [-0.1, -0.05) is 64.0 Å². The number of ether oxygens (including phenoxy) is 1. The summed E-state index contributed by atoms with van der Waals surface area (Å²) in [5.74, 6) is -5.92. The third kappa shape index (κ3) is 4.37. The average Bonchev–Trinajstić information content (AvgIpc) is 3.42. The highest BCUT2D eigenvalue weighted by molar-refractivity contribution is 9.09. The van der Waals surface area contributed by atoms with Crippen LogP contribution in [0.25, 0.3) is 0 Å². The molecule has 6 atom stereocenters. The van der Waals surface area contributed by atoms with Crippen LogP contribution in [-0.4, -0.2) is 61.7 Å². The number of alkyl halides is 3. The number of aromatic hydroxyl groups is 1. The summed E-state index contributed by atoms with van der Waals surface area (Å²) in [6, 6.07) is 19.6. The van der Waals surface area contributed by atoms with E-state index in [1.54, 1.807) is 66.7 Å². The molecule has 3 aromatic rings. The molecule has 2 aliphatic heterocycles. The molecule has 1 N–H and O–H groups in total. The van der Waals surface area contributed by atoms with Crippen molar-refractivity contribution in [1.82, 2.24) is 4.90 Å². The second kappa shape index (κ2) is 11.3. The third-order valence-electron chi connectivity index (χ3n) is 9.99. The maximum atomic E-state index is 14.3. The molecule has 6 unspecified atom stereocenters. The molecule has 0 spiro atoms. The van der Waals surface area contributed by atoms with Crippen molar-refractivity contribution in [2.75, 3.05) is 17.5 Å². The third-order valence-corrected chi connectivity index (χ3v) is 11.9. The number of hydrogen-bond acceptors (Lipinski definition) is 7. The van der Waals surface area contributed by atoms with E-state index in [9.17, 15) is 29.1 Å². The van der Waals surface area contributed by atoms with Crippen molar-refractivity contribution < 1.29 is 33.8 Å². The minimum absolute atomic E-state index is 0.154. The molecule has 0 aromatic heterocycles. The fraction of sp³-hybridized carbons (Fsp3) is 0.286. The number of benzene rings is 3. The van der Waals surface area contributed by atoms with Crippen LogP contribution in [0.4, 0.5) is 5.69 Å². The Morgan fingerprint density at radius 1 is 0.936 bits per heavy atom. The predicted molar refractivity (Wildman–Crippen MR) is 177 cm³/mol. The van der Waals surface area contributed by atoms with Crippen LogP contribution in [0.2, 0.25) is 0 Å². The monoisotopic (exact) mass is 736 g/mol. The van der Waals surface area contributed by atoms with Gasteiger partial charge in [-0.3, -0.25) is 33.8 Å². The Morgan fingerprint density at radius 3 is 2.26 bits per heavy atom. The topological polar surface area (TPSA) is 121 Å². The number of hydrogen-bond donors (Lipinski definition) is 1. The number of ketones is 1. The predicted octanol–water partition coefficient (Wildman–Crippen LogP) is 5.55. The SMILES string of the molecule is COc1ccc(C2C3=CCC4C(=O)N(c5ccc(C(=O)c6ccccc6)cc5)C(=O)C4C3CC3(Cl)C(=O)N(CBr)C(=O)C23Cl)c(O)c1. The number of carbonyl (C=O) groups excluding carboxylic acids is 5. The molecule has 1 saturated carbocycles. The minimum atomic E-state index is -2.03. The number of allylic oxidation sites excluding steroid dienone is 2. The summed E-state index contributed by atoms with van der Waals surface area (Å²) in [6.45, 7) is 0. The minimum Gasteiger partial charge on any atom is -0.508 e. The van der Waals surface area contributed by atoms with Crippen LogP contribution in [0.3, 0.4) is 0 Å². The van der Waals surface area contributed by atoms with E-state index in [0.717, 1.165) is 9.80 Å². The number of carbonyl (C=O) groups is 5. The molecular weight excluding hydrogens is 711 g/mol. The Bertz CT molecular complexity index is 1900. The van der Waals surface area contributed by atoms with Crippen LogP contribution in [0.5, 0.6) is 11.5 Å². The van der Waals surface area contributed by atoms with Gasteiger partial charge in [0, 0.05) is 28.7 Å². The van der Waals surface area contributed by atoms with Gasteiger partial charge in [0.05, 0.1) is 30.1 Å². The summed E-state index contributed by atoms with van der Waals surface area (Å²) < 4.78 is 5.25. The second-order valence-corrected chi connectivity index (χ2v) is 13.9. The van der Waals surface area contributed by atoms with Crippen LogP contribution in [-0.2, 0) is 19.2 Å². The van der Waals surface area contributed by atoms with E-state index in [4.69, 9.17) is 27.9 Å². The lowest BCUT2D eigenvalue weighted by Gasteiger charge is -2.50. The number of phenolic OH excluding ortho intramolecular Hbond substituents is 1. The summed E-state index contributed by atoms with van der Waals surface area (Å²) in [5.41, 5.74) is 1.87. The molecule has 0 radical (unpaired) electrons. The highest BCUT2D eigenvalue weighted by Crippen LogP contribution is 2.66. The van der Waals surface area contributed by atoms with E-state index in [-0.39, 0.29) is 35.4 Å². The maximum absolute atomic E-state index is 14.3. The lowest BCUT2D eigenvalue weighted by molar-refractivity contribution is -0.138. The number of methoxy groups -OCH3 is 1. The number of nitrogens with zero attached hydrogens (tertiary/aromatic N) is 2. The fourth-order valence-corrected chi connectivity index (χ4v) is 9.18. The van der Waals surface area contributed by atoms with Crippen LogP contribution < -0.4 is 9.64 Å². The lowest BCUT2D eigenvalue weighted by Crippen LogP contribution is -2.60. The fourth-order valence-electron chi connectivity index (χ4n) is 7.77. The summed E-state index contributed by atoms with van der Waals surface area (Å²) in [7, 11) is 1.44. The highest BCUT2D eigenvalue weighted by atomic mass is 79.9. The van der Waals surface area contributed by atoms with E-state index in [0.29, 0.717) is 28.1 Å². The number of anilines is 1. The van der Waals surface area contributed by atoms with Crippen molar-refractivity contribution in [2.24, 2.45) is 17.8 Å². The summed E-state index contributed by atoms with van der Waals surface area (Å²) in [6.07, 6.45) is 1.79. The molecule has 9 nitrogen and oxygen atoms in total. The van der Waals surface area contributed by atoms with Crippen molar-refractivity contribution in [1.29, 1.82) is 0 Å². The zero-order chi connectivity index (χ0) is 33.4. The van der Waals surface area contributed by atoms with E-state index >= 15 is 0 Å². The zero-order valence-corrected chi connectivity index (χ0v) is 28.0. The van der Waals surface area contributed by atoms with E-state index in [2.05, 4.69) is 15.9 Å². The Hall–Kier alpha value is -3.99. The first-order chi connectivity index (χ1) is 22.5. The number of amides is 4. The van der Waals surface area contributed by atoms with Gasteiger partial charge in [-0.2, -0.15) is 0 Å². The van der Waals surface area contributed by atoms with E-state index < -0.39 is 57.0 Å². The summed E-state index contributed by atoms with van der Waals surface area (Å²) in [5, 5.41) is 11.2. The first-order valence-electron chi connectivity index (χ1n) is 14.9. The standard InChI is InChI=1S/C35H27BrCl2N2O7/c1-47-21-11-12-23(26(41)15-21)28-22-13-14-24-27(25(22)16-34(37)32(45)39(17-36)33(46)35(28,34)38)31(44)40(30(24)43)20-9-7-19(8-10-20)29(42)18-5-3-2-4-6-18/h2-13,15,24-25,27-28,41H,14,16-17H2,1H3. The first-order valence-corrected chi connectivity index (χ1v) is 16.8. The number of fused-ring (bicyclic) bond motifs is 4. The molecule has 0 bridgehead atoms. The van der Waals surface area contributed by atoms with Gasteiger partial charge >= 0.3 is 0 Å². The molecule has 4 amide bonds. The molecule has 47 heavy (non-hydrogen) atoms. The normalized spacial score (nSPS) is 29.7. The Balaban J connectivity index is 1.29. The van der Waals surface area contributed by atoms with Gasteiger partial charge in [0.1, 0.15) is 11.5 Å². The Morgan fingerprint density at radius 2 is 1.62 bits per heavy atom. The highest BCUT2D eigenvalue weighted by Gasteiger charge is 2.76. The average molecular weight is 738 g/mol. The van der Waals surface area contributed by atoms with Gasteiger partial charge in [0.2, 0.25) is 11.8 Å². The summed E-state index contributed by atoms with van der Waals surface area (Å²) in [4.78, 5) is 66.9. The largest absolute Gasteiger partial charge is 0.508 e.